The Morgan fingerprint density at radius 1 is 1.11 bits per heavy atom. The molecule has 0 saturated carbocycles. The van der Waals surface area contributed by atoms with Gasteiger partial charge in [-0.25, -0.2) is 4.79 Å². The minimum atomic E-state index is -1.75. The van der Waals surface area contributed by atoms with Gasteiger partial charge in [-0.1, -0.05) is 42.5 Å². The smallest absolute Gasteiger partial charge is 0.335 e. The summed E-state index contributed by atoms with van der Waals surface area (Å²) in [7, 11) is 2.36. The fourth-order valence-electron chi connectivity index (χ4n) is 2.95. The topological polar surface area (TPSA) is 100 Å². The predicted molar refractivity (Wildman–Crippen MR) is 104 cm³/mol. The van der Waals surface area contributed by atoms with Crippen LogP contribution in [0, 0.1) is 34.0 Å². The second-order valence-electron chi connectivity index (χ2n) is 5.87. The molecule has 0 aromatic heterocycles. The van der Waals surface area contributed by atoms with E-state index in [-0.39, 0.29) is 24.0 Å². The number of rotatable bonds is 9. The number of nitriles is 2. The summed E-state index contributed by atoms with van der Waals surface area (Å²) in [5.41, 5.74) is -1.31. The highest BCUT2D eigenvalue weighted by molar-refractivity contribution is 6.04. The predicted octanol–water partition coefficient (Wildman–Crippen LogP) is 3.59. The zero-order chi connectivity index (χ0) is 21.2. The Kier molecular flexibility index (Phi) is 8.40. The Labute approximate surface area is 165 Å². The molecule has 144 valence electrons. The first-order chi connectivity index (χ1) is 13.5. The number of ether oxygens (including phenoxy) is 2. The van der Waals surface area contributed by atoms with Gasteiger partial charge in [0.05, 0.1) is 37.8 Å². The van der Waals surface area contributed by atoms with E-state index in [0.717, 1.165) is 0 Å². The Morgan fingerprint density at radius 3 is 2.14 bits per heavy atom. The highest BCUT2D eigenvalue weighted by atomic mass is 16.5. The molecule has 0 N–H and O–H groups in total. The van der Waals surface area contributed by atoms with Crippen LogP contribution in [0.4, 0.5) is 0 Å². The molecule has 0 aliphatic carbocycles. The first-order valence-electron chi connectivity index (χ1n) is 8.46. The minimum Gasteiger partial charge on any atom is -0.469 e. The maximum atomic E-state index is 12.8. The summed E-state index contributed by atoms with van der Waals surface area (Å²) in [5.74, 6) is -2.61. The maximum absolute atomic E-state index is 12.8. The molecule has 6 nitrogen and oxygen atoms in total. The number of carbonyl (C=O) groups excluding carboxylic acids is 2. The molecule has 0 aliphatic heterocycles. The fourth-order valence-corrected chi connectivity index (χ4v) is 2.95. The van der Waals surface area contributed by atoms with Gasteiger partial charge in [0.2, 0.25) is 0 Å². The molecular formula is C22H22N2O4. The van der Waals surface area contributed by atoms with Gasteiger partial charge in [-0.3, -0.25) is 4.79 Å². The number of esters is 2. The minimum absolute atomic E-state index is 0.0489. The zero-order valence-electron chi connectivity index (χ0n) is 16.0. The van der Waals surface area contributed by atoms with E-state index in [2.05, 4.69) is 13.2 Å². The van der Waals surface area contributed by atoms with Crippen LogP contribution in [0.5, 0.6) is 0 Å². The lowest BCUT2D eigenvalue weighted by atomic mass is 9.71. The average Bonchev–Trinajstić information content (AvgIpc) is 2.74. The van der Waals surface area contributed by atoms with Crippen LogP contribution >= 0.6 is 0 Å². The molecule has 1 rings (SSSR count). The quantitative estimate of drug-likeness (QED) is 0.370. The Bertz CT molecular complexity index is 843. The van der Waals surface area contributed by atoms with Crippen LogP contribution < -0.4 is 0 Å². The lowest BCUT2D eigenvalue weighted by Crippen LogP contribution is -2.29. The van der Waals surface area contributed by atoms with Crippen LogP contribution in [0.3, 0.4) is 0 Å². The highest BCUT2D eigenvalue weighted by Gasteiger charge is 2.42. The number of hydrogen-bond acceptors (Lipinski definition) is 6. The van der Waals surface area contributed by atoms with E-state index in [1.165, 1.54) is 26.4 Å². The molecule has 0 fully saturated rings. The number of allylic oxidation sites excluding steroid dienone is 3. The van der Waals surface area contributed by atoms with Gasteiger partial charge in [0.1, 0.15) is 0 Å². The van der Waals surface area contributed by atoms with Gasteiger partial charge in [0.25, 0.3) is 0 Å². The highest BCUT2D eigenvalue weighted by Crippen LogP contribution is 2.43. The summed E-state index contributed by atoms with van der Waals surface area (Å²) >= 11 is 0. The third-order valence-corrected chi connectivity index (χ3v) is 4.23. The van der Waals surface area contributed by atoms with Crippen LogP contribution in [0.15, 0.2) is 61.2 Å². The molecule has 28 heavy (non-hydrogen) atoms. The van der Waals surface area contributed by atoms with E-state index in [0.29, 0.717) is 5.56 Å². The number of benzene rings is 1. The molecule has 1 unspecified atom stereocenters. The van der Waals surface area contributed by atoms with Crippen molar-refractivity contribution in [1.29, 1.82) is 10.5 Å². The lowest BCUT2D eigenvalue weighted by molar-refractivity contribution is -0.147. The second-order valence-corrected chi connectivity index (χ2v) is 5.87. The molecule has 0 heterocycles. The van der Waals surface area contributed by atoms with Crippen molar-refractivity contribution in [1.82, 2.24) is 0 Å². The summed E-state index contributed by atoms with van der Waals surface area (Å²) in [4.78, 5) is 25.2. The van der Waals surface area contributed by atoms with Gasteiger partial charge in [0.15, 0.2) is 5.41 Å². The molecule has 1 aromatic carbocycles. The second kappa shape index (κ2) is 10.5. The maximum Gasteiger partial charge on any atom is 0.335 e. The van der Waals surface area contributed by atoms with Crippen molar-refractivity contribution in [2.45, 2.75) is 12.8 Å². The van der Waals surface area contributed by atoms with Crippen molar-refractivity contribution in [3.8, 4) is 12.1 Å². The van der Waals surface area contributed by atoms with E-state index in [1.807, 2.05) is 12.1 Å². The van der Waals surface area contributed by atoms with E-state index in [1.54, 1.807) is 30.3 Å². The first kappa shape index (κ1) is 22.4. The van der Waals surface area contributed by atoms with Crippen molar-refractivity contribution in [3.05, 3.63) is 66.8 Å². The number of methoxy groups -OCH3 is 2. The summed E-state index contributed by atoms with van der Waals surface area (Å²) in [6.07, 6.45) is 2.90. The normalized spacial score (nSPS) is 12.4. The monoisotopic (exact) mass is 378 g/mol. The van der Waals surface area contributed by atoms with Gasteiger partial charge in [0, 0.05) is 12.0 Å². The largest absolute Gasteiger partial charge is 0.469 e. The Balaban J connectivity index is 4.11. The standard InChI is InChI=1S/C22H22N2O4/c1-5-10-17(20(25)27-3)18(21(26)28-4)19(16-11-8-7-9-12-16)22(14-23,15-24)13-6-2/h5-9,11-12,17H,1-2,10,13H2,3-4H3/b19-18+. The first-order valence-corrected chi connectivity index (χ1v) is 8.46. The molecular weight excluding hydrogens is 356 g/mol. The van der Waals surface area contributed by atoms with Crippen molar-refractivity contribution in [2.24, 2.45) is 11.3 Å². The SMILES string of the molecule is C=CCC(C(=O)OC)/C(C(=O)OC)=C(/c1ccccc1)C(C#N)(C#N)CC=C. The molecule has 0 bridgehead atoms. The summed E-state index contributed by atoms with van der Waals surface area (Å²) in [6.45, 7) is 7.25. The molecule has 0 amide bonds. The van der Waals surface area contributed by atoms with Gasteiger partial charge in [-0.15, -0.1) is 13.2 Å². The van der Waals surface area contributed by atoms with Gasteiger partial charge in [-0.05, 0) is 12.0 Å². The zero-order valence-corrected chi connectivity index (χ0v) is 16.0. The number of nitrogens with zero attached hydrogens (tertiary/aromatic N) is 2. The summed E-state index contributed by atoms with van der Waals surface area (Å²) < 4.78 is 9.77. The van der Waals surface area contributed by atoms with Gasteiger partial charge in [-0.2, -0.15) is 10.5 Å². The van der Waals surface area contributed by atoms with E-state index >= 15 is 0 Å². The van der Waals surface area contributed by atoms with Crippen molar-refractivity contribution < 1.29 is 19.1 Å². The van der Waals surface area contributed by atoms with E-state index < -0.39 is 23.3 Å². The number of carbonyl (C=O) groups is 2. The van der Waals surface area contributed by atoms with Crippen LogP contribution in [0.25, 0.3) is 5.57 Å². The van der Waals surface area contributed by atoms with Crippen molar-refractivity contribution in [3.63, 3.8) is 0 Å². The molecule has 0 radical (unpaired) electrons. The van der Waals surface area contributed by atoms with Crippen LogP contribution in [-0.4, -0.2) is 26.2 Å². The number of hydrogen-bond donors (Lipinski definition) is 0. The Hall–Kier alpha value is -3.64. The van der Waals surface area contributed by atoms with Gasteiger partial charge >= 0.3 is 11.9 Å². The summed E-state index contributed by atoms with van der Waals surface area (Å²) in [5, 5.41) is 19.8. The van der Waals surface area contributed by atoms with Crippen molar-refractivity contribution >= 4 is 17.5 Å². The fraction of sp³-hybridized carbons (Fsp3) is 0.273. The molecule has 1 atom stereocenters. The van der Waals surface area contributed by atoms with E-state index in [9.17, 15) is 20.1 Å². The third kappa shape index (κ3) is 4.55. The lowest BCUT2D eigenvalue weighted by Gasteiger charge is -2.27. The van der Waals surface area contributed by atoms with E-state index in [4.69, 9.17) is 9.47 Å². The van der Waals surface area contributed by atoms with Crippen LogP contribution in [0.2, 0.25) is 0 Å². The third-order valence-electron chi connectivity index (χ3n) is 4.23. The van der Waals surface area contributed by atoms with Crippen molar-refractivity contribution in [2.75, 3.05) is 14.2 Å². The average molecular weight is 378 g/mol. The Morgan fingerprint density at radius 2 is 1.71 bits per heavy atom. The molecule has 6 heteroatoms. The van der Waals surface area contributed by atoms with Crippen LogP contribution in [0.1, 0.15) is 18.4 Å². The molecule has 1 aromatic rings. The van der Waals surface area contributed by atoms with Crippen LogP contribution in [-0.2, 0) is 19.1 Å². The molecule has 0 spiro atoms. The molecule has 0 aliphatic rings. The van der Waals surface area contributed by atoms with Gasteiger partial charge < -0.3 is 9.47 Å². The molecule has 0 saturated heterocycles. The summed E-state index contributed by atoms with van der Waals surface area (Å²) in [6, 6.07) is 12.5.